The summed E-state index contributed by atoms with van der Waals surface area (Å²) in [5, 5.41) is 29.7. The van der Waals surface area contributed by atoms with Crippen molar-refractivity contribution in [1.82, 2.24) is 47.1 Å². The Labute approximate surface area is 344 Å². The molecule has 1 aromatic carbocycles. The zero-order chi connectivity index (χ0) is 42.2. The van der Waals surface area contributed by atoms with E-state index in [1.807, 2.05) is 38.2 Å². The maximum Gasteiger partial charge on any atom is 0.305 e. The van der Waals surface area contributed by atoms with E-state index in [-0.39, 0.29) is 44.1 Å². The van der Waals surface area contributed by atoms with Gasteiger partial charge in [0.2, 0.25) is 41.4 Å². The maximum absolute atomic E-state index is 14.3. The van der Waals surface area contributed by atoms with Crippen LogP contribution < -0.4 is 43.0 Å². The molecule has 0 bridgehead atoms. The summed E-state index contributed by atoms with van der Waals surface area (Å²) < 4.78 is 0. The number of carbonyl (C=O) groups excluding carboxylic acids is 7. The fraction of sp³-hybridized carbons (Fsp3) is 0.568. The summed E-state index contributed by atoms with van der Waals surface area (Å²) in [5.41, 5.74) is 7.07. The van der Waals surface area contributed by atoms with E-state index in [0.717, 1.165) is 10.9 Å². The number of carboxylic acid groups (broad SMARTS) is 1. The summed E-state index contributed by atoms with van der Waals surface area (Å²) in [6.45, 7) is 2.13. The highest BCUT2D eigenvalue weighted by atomic mass is 33.1. The molecule has 6 atom stereocenters. The molecule has 3 heterocycles. The molecule has 2 aromatic rings. The first-order valence-electron chi connectivity index (χ1n) is 19.3. The second kappa shape index (κ2) is 22.9. The summed E-state index contributed by atoms with van der Waals surface area (Å²) >= 11 is 0. The molecule has 0 aliphatic carbocycles. The SMILES string of the molecule is CNC(C)NCCCC[C@@H]1NC(=O)CCSSC[C@@H](C(N)=O)NC(=O)[C@H]2CCCN2C(=O)[C@H](Cc2c[nH]c3ccccc23)NC(=O)[C@H](CC(=O)O)NC(=O)CNC1=O. The highest BCUT2D eigenvalue weighted by molar-refractivity contribution is 8.76. The third kappa shape index (κ3) is 13.9. The topological polar surface area (TPSA) is 286 Å². The lowest BCUT2D eigenvalue weighted by molar-refractivity contribution is -0.143. The Bertz CT molecular complexity index is 1800. The van der Waals surface area contributed by atoms with Gasteiger partial charge in [-0.3, -0.25) is 38.4 Å². The predicted molar refractivity (Wildman–Crippen MR) is 219 cm³/mol. The number of para-hydroxylation sites is 1. The molecule has 0 saturated carbocycles. The minimum atomic E-state index is -1.66. The standard InChI is InChI=1S/C37H54N10O9S2/c1-21(39-2)40-13-6-5-10-25-34(53)42-19-31(49)44-26(17-32(50)51)35(54)45-27(16-22-18-41-24-9-4-3-8-23(22)24)37(56)47-14-7-11-29(47)36(55)46-28(33(38)52)20-58-57-15-12-30(48)43-25/h3-4,8-9,18,21,25-29,39-41H,5-7,10-17,19-20H2,1-2H3,(H2,38,52)(H,42,53)(H,43,48)(H,44,49)(H,45,54)(H,46,55)(H,50,51)/t21?,25-,26-,27-,28-,29+/m0/s1. The van der Waals surface area contributed by atoms with Crippen molar-refractivity contribution in [2.45, 2.75) is 94.7 Å². The molecule has 2 saturated heterocycles. The van der Waals surface area contributed by atoms with Gasteiger partial charge in [0.15, 0.2) is 0 Å². The molecule has 11 N–H and O–H groups in total. The minimum absolute atomic E-state index is 0.0155. The van der Waals surface area contributed by atoms with E-state index in [2.05, 4.69) is 42.2 Å². The van der Waals surface area contributed by atoms with Gasteiger partial charge in [0.1, 0.15) is 30.2 Å². The molecule has 21 heteroatoms. The first kappa shape index (κ1) is 45.8. The Kier molecular flexibility index (Phi) is 18.1. The number of nitrogens with zero attached hydrogens (tertiary/aromatic N) is 1. The molecule has 58 heavy (non-hydrogen) atoms. The van der Waals surface area contributed by atoms with Gasteiger partial charge < -0.3 is 57.9 Å². The Hall–Kier alpha value is -4.86. The van der Waals surface area contributed by atoms with Crippen molar-refractivity contribution >= 4 is 79.8 Å². The third-order valence-corrected chi connectivity index (χ3v) is 12.3. The quantitative estimate of drug-likeness (QED) is 0.0686. The molecule has 0 spiro atoms. The van der Waals surface area contributed by atoms with Crippen LogP contribution in [0.4, 0.5) is 0 Å². The summed E-state index contributed by atoms with van der Waals surface area (Å²) in [5.74, 6) is -6.00. The number of amides is 7. The Morgan fingerprint density at radius 2 is 1.71 bits per heavy atom. The number of fused-ring (bicyclic) bond motifs is 2. The van der Waals surface area contributed by atoms with Crippen molar-refractivity contribution in [3.8, 4) is 0 Å². The lowest BCUT2D eigenvalue weighted by Crippen LogP contribution is -2.59. The molecule has 1 unspecified atom stereocenters. The number of carbonyl (C=O) groups is 8. The van der Waals surface area contributed by atoms with Crippen molar-refractivity contribution in [3.63, 3.8) is 0 Å². The fourth-order valence-corrected chi connectivity index (χ4v) is 8.78. The molecule has 2 aliphatic rings. The molecule has 7 amide bonds. The van der Waals surface area contributed by atoms with Crippen LogP contribution in [0.3, 0.4) is 0 Å². The maximum atomic E-state index is 14.3. The largest absolute Gasteiger partial charge is 0.481 e. The molecule has 1 aromatic heterocycles. The van der Waals surface area contributed by atoms with Gasteiger partial charge in [0, 0.05) is 48.0 Å². The number of rotatable bonds is 12. The van der Waals surface area contributed by atoms with Gasteiger partial charge in [-0.2, -0.15) is 0 Å². The number of nitrogens with one attached hydrogen (secondary N) is 8. The number of aliphatic carboxylic acids is 1. The van der Waals surface area contributed by atoms with Crippen LogP contribution in [0.2, 0.25) is 0 Å². The minimum Gasteiger partial charge on any atom is -0.481 e. The highest BCUT2D eigenvalue weighted by Gasteiger charge is 2.40. The number of hydrogen-bond acceptors (Lipinski definition) is 12. The van der Waals surface area contributed by atoms with Gasteiger partial charge in [-0.15, -0.1) is 0 Å². The molecule has 2 aliphatic heterocycles. The van der Waals surface area contributed by atoms with E-state index in [9.17, 15) is 43.5 Å². The number of hydrogen-bond donors (Lipinski definition) is 10. The smallest absolute Gasteiger partial charge is 0.305 e. The molecule has 0 radical (unpaired) electrons. The van der Waals surface area contributed by atoms with Crippen molar-refractivity contribution in [2.75, 3.05) is 38.2 Å². The Morgan fingerprint density at radius 3 is 2.45 bits per heavy atom. The monoisotopic (exact) mass is 846 g/mol. The van der Waals surface area contributed by atoms with Crippen molar-refractivity contribution < 1.29 is 43.5 Å². The van der Waals surface area contributed by atoms with Crippen LogP contribution in [-0.4, -0.2) is 137 Å². The normalized spacial score (nSPS) is 24.2. The Balaban J connectivity index is 1.60. The van der Waals surface area contributed by atoms with E-state index >= 15 is 0 Å². The molecular weight excluding hydrogens is 793 g/mol. The van der Waals surface area contributed by atoms with Crippen LogP contribution in [0.1, 0.15) is 57.4 Å². The van der Waals surface area contributed by atoms with Crippen LogP contribution in [0.15, 0.2) is 30.5 Å². The van der Waals surface area contributed by atoms with Crippen LogP contribution in [0.5, 0.6) is 0 Å². The fourth-order valence-electron chi connectivity index (χ4n) is 6.62. The van der Waals surface area contributed by atoms with Gasteiger partial charge in [0.25, 0.3) is 0 Å². The van der Waals surface area contributed by atoms with Crippen LogP contribution in [-0.2, 0) is 44.8 Å². The van der Waals surface area contributed by atoms with E-state index in [4.69, 9.17) is 5.73 Å². The lowest BCUT2D eigenvalue weighted by Gasteiger charge is -2.30. The van der Waals surface area contributed by atoms with Crippen LogP contribution in [0.25, 0.3) is 10.9 Å². The number of nitrogens with two attached hydrogens (primary N) is 1. The number of benzene rings is 1. The number of aromatic nitrogens is 1. The zero-order valence-corrected chi connectivity index (χ0v) is 34.2. The zero-order valence-electron chi connectivity index (χ0n) is 32.6. The first-order chi connectivity index (χ1) is 27.8. The number of H-pyrrole nitrogens is 1. The van der Waals surface area contributed by atoms with Crippen molar-refractivity contribution in [2.24, 2.45) is 5.73 Å². The molecule has 2 fully saturated rings. The van der Waals surface area contributed by atoms with Gasteiger partial charge in [0.05, 0.1) is 19.1 Å². The van der Waals surface area contributed by atoms with Gasteiger partial charge in [-0.25, -0.2) is 0 Å². The highest BCUT2D eigenvalue weighted by Crippen LogP contribution is 2.25. The number of unbranched alkanes of at least 4 members (excludes halogenated alkanes) is 1. The average molecular weight is 847 g/mol. The lowest BCUT2D eigenvalue weighted by atomic mass is 10.0. The summed E-state index contributed by atoms with van der Waals surface area (Å²) in [4.78, 5) is 110. The van der Waals surface area contributed by atoms with E-state index in [1.54, 1.807) is 6.20 Å². The van der Waals surface area contributed by atoms with Crippen molar-refractivity contribution in [3.05, 3.63) is 36.0 Å². The first-order valence-corrected chi connectivity index (χ1v) is 21.7. The summed E-state index contributed by atoms with van der Waals surface area (Å²) in [6, 6.07) is 1.24. The molecular formula is C37H54N10O9S2. The van der Waals surface area contributed by atoms with E-state index in [0.29, 0.717) is 37.1 Å². The summed E-state index contributed by atoms with van der Waals surface area (Å²) in [7, 11) is 4.31. The molecule has 19 nitrogen and oxygen atoms in total. The molecule has 4 rings (SSSR count). The predicted octanol–water partition coefficient (Wildman–Crippen LogP) is -1.17. The van der Waals surface area contributed by atoms with Crippen LogP contribution >= 0.6 is 21.6 Å². The second-order valence-electron chi connectivity index (χ2n) is 14.2. The third-order valence-electron chi connectivity index (χ3n) is 9.85. The van der Waals surface area contributed by atoms with Crippen molar-refractivity contribution in [1.29, 1.82) is 0 Å². The summed E-state index contributed by atoms with van der Waals surface area (Å²) in [6.07, 6.45) is 3.08. The molecule has 318 valence electrons. The number of carboxylic acids is 1. The van der Waals surface area contributed by atoms with E-state index < -0.39 is 90.5 Å². The van der Waals surface area contributed by atoms with Crippen LogP contribution in [0, 0.1) is 0 Å². The Morgan fingerprint density at radius 1 is 0.948 bits per heavy atom. The van der Waals surface area contributed by atoms with E-state index in [1.165, 1.54) is 26.5 Å². The number of primary amides is 1. The average Bonchev–Trinajstić information content (AvgIpc) is 3.85. The number of aromatic amines is 1. The van der Waals surface area contributed by atoms with Gasteiger partial charge >= 0.3 is 5.97 Å². The van der Waals surface area contributed by atoms with Gasteiger partial charge in [-0.1, -0.05) is 39.8 Å². The van der Waals surface area contributed by atoms with Gasteiger partial charge in [-0.05, 0) is 64.3 Å². The second-order valence-corrected chi connectivity index (χ2v) is 16.8.